The number of para-hydroxylation sites is 6. The van der Waals surface area contributed by atoms with Gasteiger partial charge in [0.05, 0.1) is 22.1 Å². The Bertz CT molecular complexity index is 7970. The second-order valence-electron chi connectivity index (χ2n) is 37.8. The van der Waals surface area contributed by atoms with Gasteiger partial charge in [0.15, 0.2) is 0 Å². The van der Waals surface area contributed by atoms with E-state index in [1.807, 2.05) is 0 Å². The molecule has 4 aromatic heterocycles. The van der Waals surface area contributed by atoms with Crippen molar-refractivity contribution in [2.24, 2.45) is 0 Å². The zero-order valence-electron chi connectivity index (χ0n) is 70.1. The monoisotopic (exact) mass is 1530 g/mol. The molecular weight excluding hydrogens is 1440 g/mol. The predicted octanol–water partition coefficient (Wildman–Crippen LogP) is 18.2. The van der Waals surface area contributed by atoms with Crippen LogP contribution >= 0.6 is 0 Å². The van der Waals surface area contributed by atoms with E-state index in [0.717, 1.165) is 0 Å². The van der Waals surface area contributed by atoms with Crippen molar-refractivity contribution in [1.82, 2.24) is 18.3 Å². The summed E-state index contributed by atoms with van der Waals surface area (Å²) in [6, 6.07) is 118. The maximum atomic E-state index is 2.55. The lowest BCUT2D eigenvalue weighted by molar-refractivity contribution is 0.646. The third-order valence-electron chi connectivity index (χ3n) is 30.3. The first-order valence-electron chi connectivity index (χ1n) is 43.4. The van der Waals surface area contributed by atoms with Crippen molar-refractivity contribution >= 4 is 180 Å². The van der Waals surface area contributed by atoms with E-state index in [4.69, 9.17) is 0 Å². The van der Waals surface area contributed by atoms with E-state index in [1.165, 1.54) is 242 Å². The van der Waals surface area contributed by atoms with Gasteiger partial charge in [-0.15, -0.1) is 0 Å². The number of hydrogen-bond donors (Lipinski definition) is 0. The van der Waals surface area contributed by atoms with Crippen molar-refractivity contribution in [2.75, 3.05) is 0 Å². The summed E-state index contributed by atoms with van der Waals surface area (Å²) in [7, 11) is 0. The van der Waals surface area contributed by atoms with Crippen molar-refractivity contribution in [3.63, 3.8) is 0 Å². The Kier molecular flexibility index (Phi) is 14.2. The summed E-state index contributed by atoms with van der Waals surface area (Å²) < 4.78 is 10.2. The van der Waals surface area contributed by atoms with Gasteiger partial charge in [-0.05, 0) is 163 Å². The van der Waals surface area contributed by atoms with Gasteiger partial charge in [0.1, 0.15) is 0 Å². The summed E-state index contributed by atoms with van der Waals surface area (Å²) in [6.07, 6.45) is 0. The number of aromatic nitrogens is 4. The number of hydrogen-bond acceptors (Lipinski definition) is 0. The molecule has 120 heavy (non-hydrogen) atoms. The molecule has 0 atom stereocenters. The molecule has 0 saturated carbocycles. The van der Waals surface area contributed by atoms with Crippen LogP contribution in [0.4, 0.5) is 0 Å². The third-order valence-corrected chi connectivity index (χ3v) is 30.3. The molecule has 0 spiro atoms. The molecule has 8 aliphatic rings. The van der Waals surface area contributed by atoms with Crippen molar-refractivity contribution in [2.45, 2.75) is 105 Å². The average Bonchev–Trinajstić information content (AvgIpc) is 1.43. The standard InChI is InChI=1S/4C28H22BN/c1-17-9-8-13-23-26(17)30-24-14-7-4-10-18(24)19-15-16-21-25(27(19)30)29(23)22-12-6-5-11-20(22)28(21,2)3;1-17-9-8-14-24-25(17)29-22-12-6-5-11-20(22)28(2,3)21-16-15-19-18-10-4-7-13-23(18)30(24)27(19)26(21)29;1-17-12-15-25-23(16-17)29-22-10-6-5-9-20(22)28(2,3)21-14-13-19-18-8-4-7-11-24(18)30(25)27(19)26(21)29;1-17-9-8-10-18-19-15-16-21-25-27(19)30(26(17)18)24-14-7-6-13-23(24)29(25)22-12-5-4-11-20(22)28(21,2)3/h4*4-16H,1-3H3. The minimum Gasteiger partial charge on any atom is -0.310 e. The highest BCUT2D eigenvalue weighted by Gasteiger charge is 2.50. The normalized spacial score (nSPS) is 15.4. The lowest BCUT2D eigenvalue weighted by Crippen LogP contribution is -2.63. The first-order chi connectivity index (χ1) is 58.3. The lowest BCUT2D eigenvalue weighted by Gasteiger charge is -2.41. The summed E-state index contributed by atoms with van der Waals surface area (Å²) in [5.41, 5.74) is 50.9. The van der Waals surface area contributed by atoms with E-state index in [-0.39, 0.29) is 21.7 Å². The minimum absolute atomic E-state index is 0.0147. The van der Waals surface area contributed by atoms with Gasteiger partial charge in [-0.2, -0.15) is 0 Å². The minimum atomic E-state index is -0.0158. The zero-order chi connectivity index (χ0) is 80.8. The van der Waals surface area contributed by atoms with Crippen LogP contribution in [0.5, 0.6) is 0 Å². The highest BCUT2D eigenvalue weighted by atomic mass is 15.0. The molecule has 16 aromatic carbocycles. The number of aryl methyl sites for hydroxylation is 4. The molecule has 0 fully saturated rings. The Balaban J connectivity index is 0.0000000886. The SMILES string of the molecule is Cc1ccc2c(c1)B1c3ccccc3C(C)(C)c3ccc4c5ccccc5n-2c4c31.Cc1cccc2c1-n1c3ccccc3c3ccc4c(c31)B2c1ccccc1C4(C)C.Cc1cccc2c1B1c3ccccc3C(C)(C)c3ccc4c5ccccc5n-2c4c31.Cc1cccc2c3ccc4c5c3n(c12)-c1ccccc1B5c1ccccc1C4(C)C. The van der Waals surface area contributed by atoms with Crippen LogP contribution in [0.3, 0.4) is 0 Å². The topological polar surface area (TPSA) is 19.7 Å². The molecular formula is C112H88B4N4. The van der Waals surface area contributed by atoms with Gasteiger partial charge in [0.25, 0.3) is 0 Å². The maximum Gasteiger partial charge on any atom is 0.247 e. The van der Waals surface area contributed by atoms with E-state index in [1.54, 1.807) is 0 Å². The average molecular weight is 1530 g/mol. The molecule has 8 aliphatic heterocycles. The number of rotatable bonds is 0. The Labute approximate surface area is 702 Å². The third kappa shape index (κ3) is 8.86. The van der Waals surface area contributed by atoms with Crippen molar-refractivity contribution < 1.29 is 0 Å². The van der Waals surface area contributed by atoms with Crippen molar-refractivity contribution in [3.05, 3.63) is 382 Å². The smallest absolute Gasteiger partial charge is 0.247 e. The highest BCUT2D eigenvalue weighted by Crippen LogP contribution is 2.47. The quantitative estimate of drug-likeness (QED) is 0.135. The molecule has 0 aliphatic carbocycles. The molecule has 0 unspecified atom stereocenters. The van der Waals surface area contributed by atoms with E-state index < -0.39 is 0 Å². The van der Waals surface area contributed by atoms with Crippen LogP contribution in [-0.4, -0.2) is 45.1 Å². The molecule has 0 radical (unpaired) electrons. The van der Waals surface area contributed by atoms with Gasteiger partial charge in [-0.25, -0.2) is 0 Å². The fraction of sp³-hybridized carbons (Fsp3) is 0.143. The Hall–Kier alpha value is -13.0. The molecule has 0 amide bonds. The highest BCUT2D eigenvalue weighted by molar-refractivity contribution is 7.01. The Morgan fingerprint density at radius 2 is 0.525 bits per heavy atom. The van der Waals surface area contributed by atoms with Crippen LogP contribution in [-0.2, 0) is 21.7 Å². The van der Waals surface area contributed by atoms with Crippen LogP contribution in [0, 0.1) is 27.7 Å². The lowest BCUT2D eigenvalue weighted by atomic mass is 9.30. The number of nitrogens with zero attached hydrogens (tertiary/aromatic N) is 4. The fourth-order valence-electron chi connectivity index (χ4n) is 25.2. The second-order valence-corrected chi connectivity index (χ2v) is 37.8. The zero-order valence-corrected chi connectivity index (χ0v) is 70.1. The van der Waals surface area contributed by atoms with Crippen LogP contribution in [0.1, 0.15) is 122 Å². The molecule has 20 aromatic rings. The summed E-state index contributed by atoms with van der Waals surface area (Å²) >= 11 is 0. The van der Waals surface area contributed by atoms with Gasteiger partial charge in [-0.3, -0.25) is 0 Å². The molecule has 4 nitrogen and oxygen atoms in total. The maximum absolute atomic E-state index is 2.55. The van der Waals surface area contributed by atoms with Gasteiger partial charge in [0, 0.05) is 110 Å². The summed E-state index contributed by atoms with van der Waals surface area (Å²) in [4.78, 5) is 0. The van der Waals surface area contributed by atoms with Crippen LogP contribution in [0.2, 0.25) is 0 Å². The fourth-order valence-corrected chi connectivity index (χ4v) is 25.2. The van der Waals surface area contributed by atoms with E-state index >= 15 is 0 Å². The molecule has 28 rings (SSSR count). The first kappa shape index (κ1) is 70.0. The van der Waals surface area contributed by atoms with Crippen LogP contribution in [0.25, 0.3) is 110 Å². The molecule has 8 heteroatoms. The second kappa shape index (κ2) is 24.4. The van der Waals surface area contributed by atoms with E-state index in [2.05, 4.69) is 417 Å². The van der Waals surface area contributed by atoms with E-state index in [9.17, 15) is 0 Å². The number of fused-ring (bicyclic) bond motifs is 32. The summed E-state index contributed by atoms with van der Waals surface area (Å²) in [6.45, 7) is 29.3. The van der Waals surface area contributed by atoms with Crippen LogP contribution < -0.4 is 65.6 Å². The van der Waals surface area contributed by atoms with E-state index in [0.29, 0.717) is 26.9 Å². The Morgan fingerprint density at radius 1 is 0.200 bits per heavy atom. The Morgan fingerprint density at radius 3 is 1.04 bits per heavy atom. The summed E-state index contributed by atoms with van der Waals surface area (Å²) in [5, 5.41) is 10.9. The first-order valence-corrected chi connectivity index (χ1v) is 43.4. The van der Waals surface area contributed by atoms with Crippen molar-refractivity contribution in [1.29, 1.82) is 0 Å². The molecule has 0 saturated heterocycles. The molecule has 12 heterocycles. The van der Waals surface area contributed by atoms with Gasteiger partial charge < -0.3 is 18.3 Å². The molecule has 0 bridgehead atoms. The molecule has 568 valence electrons. The van der Waals surface area contributed by atoms with Crippen LogP contribution in [0.15, 0.2) is 315 Å². The molecule has 0 N–H and O–H groups in total. The van der Waals surface area contributed by atoms with Gasteiger partial charge in [0.2, 0.25) is 26.9 Å². The van der Waals surface area contributed by atoms with Gasteiger partial charge in [-0.1, -0.05) is 367 Å². The van der Waals surface area contributed by atoms with Crippen molar-refractivity contribution in [3.8, 4) is 22.7 Å². The predicted molar refractivity (Wildman–Crippen MR) is 515 cm³/mol. The van der Waals surface area contributed by atoms with Gasteiger partial charge >= 0.3 is 0 Å². The number of benzene rings is 16. The summed E-state index contributed by atoms with van der Waals surface area (Å²) in [5.74, 6) is 0. The largest absolute Gasteiger partial charge is 0.310 e.